The zero-order chi connectivity index (χ0) is 14.5. The Balaban J connectivity index is 1.74. The molecule has 1 saturated heterocycles. The zero-order valence-electron chi connectivity index (χ0n) is 12.7. The molecule has 2 aromatic rings. The highest BCUT2D eigenvalue weighted by Gasteiger charge is 2.19. The quantitative estimate of drug-likeness (QED) is 0.875. The van der Waals surface area contributed by atoms with Crippen molar-refractivity contribution in [3.63, 3.8) is 0 Å². The van der Waals surface area contributed by atoms with Crippen LogP contribution in [0.5, 0.6) is 0 Å². The summed E-state index contributed by atoms with van der Waals surface area (Å²) in [5.74, 6) is 0. The first kappa shape index (κ1) is 14.5. The minimum atomic E-state index is 0.323. The lowest BCUT2D eigenvalue weighted by atomic mass is 10.0. The summed E-state index contributed by atoms with van der Waals surface area (Å²) in [4.78, 5) is 4.84. The molecule has 3 nitrogen and oxygen atoms in total. The number of hydrogen-bond acceptors (Lipinski definition) is 3. The molecule has 2 heterocycles. The molecule has 3 rings (SSSR count). The van der Waals surface area contributed by atoms with Crippen molar-refractivity contribution in [2.75, 3.05) is 13.2 Å². The Hall–Kier alpha value is -1.45. The molecule has 1 aromatic heterocycles. The van der Waals surface area contributed by atoms with E-state index in [1.807, 2.05) is 6.07 Å². The topological polar surface area (TPSA) is 34.1 Å². The predicted molar refractivity (Wildman–Crippen MR) is 86.4 cm³/mol. The largest absolute Gasteiger partial charge is 0.378 e. The van der Waals surface area contributed by atoms with Gasteiger partial charge in [-0.25, -0.2) is 0 Å². The molecule has 3 heteroatoms. The fraction of sp³-hybridized carbons (Fsp3) is 0.500. The van der Waals surface area contributed by atoms with Gasteiger partial charge in [0, 0.05) is 18.0 Å². The molecule has 1 aliphatic heterocycles. The summed E-state index contributed by atoms with van der Waals surface area (Å²) in [7, 11) is 0. The highest BCUT2D eigenvalue weighted by atomic mass is 16.5. The SMILES string of the molecule is CCNC(CCC1CCCO1)c1ccc2ccccc2n1. The van der Waals surface area contributed by atoms with Gasteiger partial charge in [-0.2, -0.15) is 0 Å². The summed E-state index contributed by atoms with van der Waals surface area (Å²) in [6.45, 7) is 4.05. The van der Waals surface area contributed by atoms with Gasteiger partial charge in [-0.05, 0) is 44.4 Å². The Kier molecular flexibility index (Phi) is 4.84. The minimum absolute atomic E-state index is 0.323. The van der Waals surface area contributed by atoms with E-state index in [-0.39, 0.29) is 0 Å². The average molecular weight is 284 g/mol. The standard InChI is InChI=1S/C18H24N2O/c1-2-19-17(12-10-15-7-5-13-21-15)18-11-9-14-6-3-4-8-16(14)20-18/h3-4,6,8-9,11,15,17,19H,2,5,7,10,12-13H2,1H3. The Morgan fingerprint density at radius 3 is 3.00 bits per heavy atom. The van der Waals surface area contributed by atoms with Gasteiger partial charge in [-0.15, -0.1) is 0 Å². The maximum Gasteiger partial charge on any atom is 0.0706 e. The zero-order valence-corrected chi connectivity index (χ0v) is 12.7. The molecule has 2 atom stereocenters. The molecule has 0 radical (unpaired) electrons. The van der Waals surface area contributed by atoms with Crippen LogP contribution in [0.4, 0.5) is 0 Å². The molecule has 21 heavy (non-hydrogen) atoms. The van der Waals surface area contributed by atoms with Crippen molar-refractivity contribution in [3.8, 4) is 0 Å². The van der Waals surface area contributed by atoms with Gasteiger partial charge in [0.1, 0.15) is 0 Å². The third kappa shape index (κ3) is 3.60. The number of nitrogens with one attached hydrogen (secondary N) is 1. The van der Waals surface area contributed by atoms with E-state index in [1.165, 1.54) is 18.2 Å². The molecule has 0 bridgehead atoms. The normalized spacial score (nSPS) is 20.0. The van der Waals surface area contributed by atoms with E-state index in [0.717, 1.165) is 37.2 Å². The van der Waals surface area contributed by atoms with Crippen LogP contribution in [-0.4, -0.2) is 24.2 Å². The fourth-order valence-electron chi connectivity index (χ4n) is 3.10. The first-order chi connectivity index (χ1) is 10.4. The maximum atomic E-state index is 5.74. The fourth-order valence-corrected chi connectivity index (χ4v) is 3.10. The summed E-state index contributed by atoms with van der Waals surface area (Å²) >= 11 is 0. The second kappa shape index (κ2) is 7.01. The Morgan fingerprint density at radius 1 is 1.29 bits per heavy atom. The van der Waals surface area contributed by atoms with Crippen LogP contribution < -0.4 is 5.32 Å². The molecular weight excluding hydrogens is 260 g/mol. The first-order valence-corrected chi connectivity index (χ1v) is 8.07. The van der Waals surface area contributed by atoms with Crippen molar-refractivity contribution in [2.45, 2.75) is 44.8 Å². The van der Waals surface area contributed by atoms with Crippen LogP contribution in [0.1, 0.15) is 44.3 Å². The van der Waals surface area contributed by atoms with Gasteiger partial charge in [0.15, 0.2) is 0 Å². The van der Waals surface area contributed by atoms with Gasteiger partial charge in [0.25, 0.3) is 0 Å². The molecule has 0 spiro atoms. The highest BCUT2D eigenvalue weighted by molar-refractivity contribution is 5.78. The lowest BCUT2D eigenvalue weighted by Crippen LogP contribution is -2.23. The number of rotatable bonds is 6. The van der Waals surface area contributed by atoms with Crippen molar-refractivity contribution < 1.29 is 4.74 Å². The number of aromatic nitrogens is 1. The number of pyridine rings is 1. The first-order valence-electron chi connectivity index (χ1n) is 8.07. The molecule has 2 unspecified atom stereocenters. The maximum absolute atomic E-state index is 5.74. The van der Waals surface area contributed by atoms with E-state index >= 15 is 0 Å². The van der Waals surface area contributed by atoms with Crippen LogP contribution >= 0.6 is 0 Å². The number of hydrogen-bond donors (Lipinski definition) is 1. The smallest absolute Gasteiger partial charge is 0.0706 e. The molecule has 0 saturated carbocycles. The summed E-state index contributed by atoms with van der Waals surface area (Å²) in [6.07, 6.45) is 5.08. The van der Waals surface area contributed by atoms with E-state index in [2.05, 4.69) is 42.6 Å². The average Bonchev–Trinajstić information content (AvgIpc) is 3.04. The van der Waals surface area contributed by atoms with Gasteiger partial charge in [-0.3, -0.25) is 4.98 Å². The number of benzene rings is 1. The van der Waals surface area contributed by atoms with Crippen molar-refractivity contribution in [2.24, 2.45) is 0 Å². The predicted octanol–water partition coefficient (Wildman–Crippen LogP) is 3.84. The van der Waals surface area contributed by atoms with Crippen LogP contribution in [0.3, 0.4) is 0 Å². The van der Waals surface area contributed by atoms with Gasteiger partial charge < -0.3 is 10.1 Å². The van der Waals surface area contributed by atoms with Crippen LogP contribution in [0.15, 0.2) is 36.4 Å². The number of nitrogens with zero attached hydrogens (tertiary/aromatic N) is 1. The highest BCUT2D eigenvalue weighted by Crippen LogP contribution is 2.24. The van der Waals surface area contributed by atoms with E-state index in [4.69, 9.17) is 9.72 Å². The summed E-state index contributed by atoms with van der Waals surface area (Å²) in [5, 5.41) is 4.77. The van der Waals surface area contributed by atoms with Crippen LogP contribution in [-0.2, 0) is 4.74 Å². The molecule has 0 amide bonds. The molecule has 1 aliphatic rings. The summed E-state index contributed by atoms with van der Waals surface area (Å²) < 4.78 is 5.74. The molecule has 112 valence electrons. The van der Waals surface area contributed by atoms with Crippen LogP contribution in [0.2, 0.25) is 0 Å². The second-order valence-electron chi connectivity index (χ2n) is 5.75. The lowest BCUT2D eigenvalue weighted by molar-refractivity contribution is 0.0995. The third-order valence-corrected chi connectivity index (χ3v) is 4.23. The van der Waals surface area contributed by atoms with Crippen LogP contribution in [0.25, 0.3) is 10.9 Å². The van der Waals surface area contributed by atoms with Gasteiger partial charge >= 0.3 is 0 Å². The summed E-state index contributed by atoms with van der Waals surface area (Å²) in [5.41, 5.74) is 2.23. The third-order valence-electron chi connectivity index (χ3n) is 4.23. The number of ether oxygens (including phenoxy) is 1. The van der Waals surface area contributed by atoms with Crippen LogP contribution in [0, 0.1) is 0 Å². The Labute approximate surface area is 126 Å². The van der Waals surface area contributed by atoms with Gasteiger partial charge in [0.05, 0.1) is 17.3 Å². The van der Waals surface area contributed by atoms with Crippen molar-refractivity contribution in [1.82, 2.24) is 10.3 Å². The van der Waals surface area contributed by atoms with E-state index in [1.54, 1.807) is 0 Å². The molecule has 0 aliphatic carbocycles. The van der Waals surface area contributed by atoms with Crippen molar-refractivity contribution in [1.29, 1.82) is 0 Å². The Bertz CT molecular complexity index is 578. The molecule has 1 fully saturated rings. The molecular formula is C18H24N2O. The molecule has 1 aromatic carbocycles. The summed E-state index contributed by atoms with van der Waals surface area (Å²) in [6, 6.07) is 13.0. The lowest BCUT2D eigenvalue weighted by Gasteiger charge is -2.19. The minimum Gasteiger partial charge on any atom is -0.378 e. The van der Waals surface area contributed by atoms with Gasteiger partial charge in [-0.1, -0.05) is 31.2 Å². The monoisotopic (exact) mass is 284 g/mol. The van der Waals surface area contributed by atoms with E-state index in [0.29, 0.717) is 12.1 Å². The van der Waals surface area contributed by atoms with Crippen molar-refractivity contribution in [3.05, 3.63) is 42.1 Å². The van der Waals surface area contributed by atoms with Gasteiger partial charge in [0.2, 0.25) is 0 Å². The van der Waals surface area contributed by atoms with Crippen molar-refractivity contribution >= 4 is 10.9 Å². The number of fused-ring (bicyclic) bond motifs is 1. The second-order valence-corrected chi connectivity index (χ2v) is 5.75. The number of para-hydroxylation sites is 1. The van der Waals surface area contributed by atoms with E-state index < -0.39 is 0 Å². The van der Waals surface area contributed by atoms with E-state index in [9.17, 15) is 0 Å². The molecule has 1 N–H and O–H groups in total. The Morgan fingerprint density at radius 2 is 2.19 bits per heavy atom.